The van der Waals surface area contributed by atoms with E-state index in [-0.39, 0.29) is 18.2 Å². The highest BCUT2D eigenvalue weighted by atomic mass is 16.4. The van der Waals surface area contributed by atoms with Crippen LogP contribution >= 0.6 is 0 Å². The third-order valence-electron chi connectivity index (χ3n) is 6.18. The smallest absolute Gasteiger partial charge is 0.326 e. The van der Waals surface area contributed by atoms with Crippen molar-refractivity contribution in [1.82, 2.24) is 15.5 Å². The Balaban J connectivity index is 2.92. The number of nitrogens with zero attached hydrogens (tertiary/aromatic N) is 1. The molecule has 0 radical (unpaired) electrons. The highest BCUT2D eigenvalue weighted by Crippen LogP contribution is 2.20. The normalized spacial score (nSPS) is 19.1. The van der Waals surface area contributed by atoms with Gasteiger partial charge in [0.15, 0.2) is 0 Å². The van der Waals surface area contributed by atoms with Crippen LogP contribution in [0.2, 0.25) is 0 Å². The number of aliphatic carboxylic acids is 2. The van der Waals surface area contributed by atoms with Crippen molar-refractivity contribution < 1.29 is 34.2 Å². The monoisotopic (exact) mass is 485 g/mol. The molecule has 0 saturated carbocycles. The first-order valence-electron chi connectivity index (χ1n) is 11.8. The molecule has 8 N–H and O–H groups in total. The fourth-order valence-electron chi connectivity index (χ4n) is 3.89. The molecule has 1 heterocycles. The van der Waals surface area contributed by atoms with Crippen LogP contribution in [0, 0.1) is 5.92 Å². The Labute approximate surface area is 199 Å². The summed E-state index contributed by atoms with van der Waals surface area (Å²) in [5.74, 6) is -4.49. The van der Waals surface area contributed by atoms with Gasteiger partial charge in [0.25, 0.3) is 0 Å². The Hall–Kier alpha value is -2.73. The first-order valence-corrected chi connectivity index (χ1v) is 11.8. The average Bonchev–Trinajstić information content (AvgIpc) is 3.28. The summed E-state index contributed by atoms with van der Waals surface area (Å²) >= 11 is 0. The van der Waals surface area contributed by atoms with E-state index in [9.17, 15) is 29.1 Å². The highest BCUT2D eigenvalue weighted by Gasteiger charge is 2.38. The lowest BCUT2D eigenvalue weighted by Crippen LogP contribution is -2.57. The molecule has 5 unspecified atom stereocenters. The number of hydrogen-bond acceptors (Lipinski definition) is 7. The van der Waals surface area contributed by atoms with Gasteiger partial charge in [0.05, 0.1) is 6.04 Å². The third kappa shape index (κ3) is 8.90. The number of carboxylic acid groups (broad SMARTS) is 2. The summed E-state index contributed by atoms with van der Waals surface area (Å²) in [6.45, 7) is 4.30. The van der Waals surface area contributed by atoms with Crippen LogP contribution in [-0.4, -0.2) is 82.0 Å². The van der Waals surface area contributed by atoms with Gasteiger partial charge in [-0.3, -0.25) is 19.2 Å². The van der Waals surface area contributed by atoms with Crippen LogP contribution in [0.1, 0.15) is 65.2 Å². The van der Waals surface area contributed by atoms with E-state index < -0.39 is 54.3 Å². The van der Waals surface area contributed by atoms with Gasteiger partial charge >= 0.3 is 11.9 Å². The summed E-state index contributed by atoms with van der Waals surface area (Å²) in [5.41, 5.74) is 11.5. The minimum Gasteiger partial charge on any atom is -0.481 e. The van der Waals surface area contributed by atoms with E-state index in [0.717, 1.165) is 6.42 Å². The molecule has 1 fully saturated rings. The lowest BCUT2D eigenvalue weighted by molar-refractivity contribution is -0.145. The summed E-state index contributed by atoms with van der Waals surface area (Å²) in [6.07, 6.45) is 2.69. The molecule has 1 rings (SSSR count). The third-order valence-corrected chi connectivity index (χ3v) is 6.18. The molecule has 194 valence electrons. The molecule has 1 aliphatic rings. The van der Waals surface area contributed by atoms with Crippen LogP contribution in [0.5, 0.6) is 0 Å². The highest BCUT2D eigenvalue weighted by molar-refractivity contribution is 5.94. The molecule has 0 aliphatic carbocycles. The maximum absolute atomic E-state index is 13.0. The van der Waals surface area contributed by atoms with Crippen LogP contribution in [0.3, 0.4) is 0 Å². The second-order valence-electron chi connectivity index (χ2n) is 8.78. The number of rotatable bonds is 15. The van der Waals surface area contributed by atoms with E-state index in [1.54, 1.807) is 13.8 Å². The molecule has 34 heavy (non-hydrogen) atoms. The minimum absolute atomic E-state index is 0.223. The fraction of sp³-hybridized carbons (Fsp3) is 0.773. The lowest BCUT2D eigenvalue weighted by atomic mass is 9.98. The Morgan fingerprint density at radius 2 is 1.76 bits per heavy atom. The molecule has 12 nitrogen and oxygen atoms in total. The summed E-state index contributed by atoms with van der Waals surface area (Å²) in [4.78, 5) is 62.6. The van der Waals surface area contributed by atoms with E-state index in [2.05, 4.69) is 10.6 Å². The van der Waals surface area contributed by atoms with E-state index >= 15 is 0 Å². The van der Waals surface area contributed by atoms with Gasteiger partial charge in [-0.2, -0.15) is 0 Å². The molecular weight excluding hydrogens is 446 g/mol. The second kappa shape index (κ2) is 14.5. The van der Waals surface area contributed by atoms with Crippen LogP contribution in [0.15, 0.2) is 0 Å². The van der Waals surface area contributed by atoms with Gasteiger partial charge in [-0.15, -0.1) is 0 Å². The van der Waals surface area contributed by atoms with Crippen LogP contribution in [-0.2, 0) is 24.0 Å². The number of unbranched alkanes of at least 4 members (excludes halogenated alkanes) is 1. The number of amides is 3. The number of likely N-dealkylation sites (tertiary alicyclic amines) is 1. The van der Waals surface area contributed by atoms with E-state index in [4.69, 9.17) is 16.6 Å². The number of nitrogens with two attached hydrogens (primary N) is 2. The van der Waals surface area contributed by atoms with Crippen LogP contribution < -0.4 is 22.1 Å². The maximum atomic E-state index is 13.0. The molecule has 1 saturated heterocycles. The van der Waals surface area contributed by atoms with E-state index in [0.29, 0.717) is 45.2 Å². The molecule has 5 atom stereocenters. The first-order chi connectivity index (χ1) is 16.0. The van der Waals surface area contributed by atoms with Crippen molar-refractivity contribution >= 4 is 29.7 Å². The minimum atomic E-state index is -1.26. The Bertz CT molecular complexity index is 732. The number of carboxylic acids is 2. The zero-order chi connectivity index (χ0) is 25.8. The van der Waals surface area contributed by atoms with Gasteiger partial charge in [0.2, 0.25) is 17.7 Å². The maximum Gasteiger partial charge on any atom is 0.326 e. The SMILES string of the molecule is CCC(C)C(NC(=O)C(CCC(=O)O)NC(=O)C1CCCN1C(=O)C(N)CCCCN)C(=O)O. The van der Waals surface area contributed by atoms with Crippen molar-refractivity contribution in [3.63, 3.8) is 0 Å². The van der Waals surface area contributed by atoms with Crippen LogP contribution in [0.25, 0.3) is 0 Å². The average molecular weight is 486 g/mol. The molecule has 0 spiro atoms. The van der Waals surface area contributed by atoms with Gasteiger partial charge in [-0.1, -0.05) is 26.7 Å². The van der Waals surface area contributed by atoms with Gasteiger partial charge in [-0.05, 0) is 44.6 Å². The zero-order valence-corrected chi connectivity index (χ0v) is 20.0. The van der Waals surface area contributed by atoms with Crippen molar-refractivity contribution in [2.75, 3.05) is 13.1 Å². The molecule has 0 bridgehead atoms. The van der Waals surface area contributed by atoms with E-state index in [1.807, 2.05) is 0 Å². The van der Waals surface area contributed by atoms with Crippen molar-refractivity contribution in [2.45, 2.75) is 89.4 Å². The molecule has 0 aromatic carbocycles. The largest absolute Gasteiger partial charge is 0.481 e. The van der Waals surface area contributed by atoms with Crippen molar-refractivity contribution in [3.8, 4) is 0 Å². The zero-order valence-electron chi connectivity index (χ0n) is 20.0. The molecular formula is C22H39N5O7. The Kier molecular flexibility index (Phi) is 12.5. The predicted octanol–water partition coefficient (Wildman–Crippen LogP) is -0.601. The first kappa shape index (κ1) is 29.3. The quantitative estimate of drug-likeness (QED) is 0.163. The van der Waals surface area contributed by atoms with E-state index in [1.165, 1.54) is 4.90 Å². The molecule has 12 heteroatoms. The fourth-order valence-corrected chi connectivity index (χ4v) is 3.89. The summed E-state index contributed by atoms with van der Waals surface area (Å²) in [7, 11) is 0. The van der Waals surface area contributed by atoms with Crippen molar-refractivity contribution in [3.05, 3.63) is 0 Å². The van der Waals surface area contributed by atoms with Crippen LogP contribution in [0.4, 0.5) is 0 Å². The standard InChI is InChI=1S/C22H39N5O7/c1-3-13(2)18(22(33)34)26-19(30)15(9-10-17(28)29)25-20(31)16-8-6-12-27(16)21(32)14(24)7-4-5-11-23/h13-16,18H,3-12,23-24H2,1-2H3,(H,25,31)(H,26,30)(H,28,29)(H,33,34). The molecule has 0 aromatic heterocycles. The van der Waals surface area contributed by atoms with Gasteiger partial charge in [0.1, 0.15) is 18.1 Å². The topological polar surface area (TPSA) is 205 Å². The molecule has 3 amide bonds. The number of hydrogen-bond donors (Lipinski definition) is 6. The van der Waals surface area contributed by atoms with Gasteiger partial charge < -0.3 is 37.2 Å². The lowest BCUT2D eigenvalue weighted by Gasteiger charge is -2.29. The Morgan fingerprint density at radius 3 is 2.32 bits per heavy atom. The van der Waals surface area contributed by atoms with Gasteiger partial charge in [-0.25, -0.2) is 4.79 Å². The van der Waals surface area contributed by atoms with Crippen molar-refractivity contribution in [2.24, 2.45) is 17.4 Å². The number of carbonyl (C=O) groups excluding carboxylic acids is 3. The number of nitrogens with one attached hydrogen (secondary N) is 2. The summed E-state index contributed by atoms with van der Waals surface area (Å²) < 4.78 is 0. The molecule has 0 aromatic rings. The second-order valence-corrected chi connectivity index (χ2v) is 8.78. The summed E-state index contributed by atoms with van der Waals surface area (Å²) in [5, 5.41) is 23.4. The Morgan fingerprint density at radius 1 is 1.09 bits per heavy atom. The predicted molar refractivity (Wildman–Crippen MR) is 123 cm³/mol. The van der Waals surface area contributed by atoms with Crippen molar-refractivity contribution in [1.29, 1.82) is 0 Å². The number of carbonyl (C=O) groups is 5. The van der Waals surface area contributed by atoms with Gasteiger partial charge in [0, 0.05) is 13.0 Å². The molecule has 1 aliphatic heterocycles. The summed E-state index contributed by atoms with van der Waals surface area (Å²) in [6, 6.07) is -4.04.